The van der Waals surface area contributed by atoms with E-state index in [1.165, 1.54) is 0 Å². The number of rotatable bonds is 4. The van der Waals surface area contributed by atoms with Crippen LogP contribution in [0.4, 0.5) is 5.69 Å². The van der Waals surface area contributed by atoms with Gasteiger partial charge in [-0.3, -0.25) is 9.59 Å². The number of carboxylic acids is 1. The number of carbonyl (C=O) groups excluding carboxylic acids is 1. The molecule has 0 bridgehead atoms. The second-order valence-electron chi connectivity index (χ2n) is 4.96. The lowest BCUT2D eigenvalue weighted by molar-refractivity contribution is -0.136. The molecule has 102 valence electrons. The molecule has 1 aromatic carbocycles. The van der Waals surface area contributed by atoms with Gasteiger partial charge in [0.2, 0.25) is 5.91 Å². The number of hydrogen-bond donors (Lipinski definition) is 3. The number of benzene rings is 1. The molecule has 1 fully saturated rings. The lowest BCUT2D eigenvalue weighted by Gasteiger charge is -2.15. The molecule has 0 aliphatic heterocycles. The highest BCUT2D eigenvalue weighted by Crippen LogP contribution is 2.25. The van der Waals surface area contributed by atoms with E-state index in [1.54, 1.807) is 24.3 Å². The summed E-state index contributed by atoms with van der Waals surface area (Å²) >= 11 is 0. The minimum absolute atomic E-state index is 0.0122. The molecule has 1 aliphatic rings. The molecule has 0 saturated heterocycles. The molecule has 1 aromatic rings. The SMILES string of the molecule is NC1CCCC1C(=O)Nc1ccc(CC(=O)O)cc1. The van der Waals surface area contributed by atoms with Gasteiger partial charge < -0.3 is 16.2 Å². The third kappa shape index (κ3) is 3.54. The number of nitrogens with one attached hydrogen (secondary N) is 1. The number of anilines is 1. The first-order valence-electron chi connectivity index (χ1n) is 6.43. The summed E-state index contributed by atoms with van der Waals surface area (Å²) in [4.78, 5) is 22.6. The summed E-state index contributed by atoms with van der Waals surface area (Å²) in [5, 5.41) is 11.5. The maximum atomic E-state index is 12.0. The van der Waals surface area contributed by atoms with Crippen LogP contribution in [0.15, 0.2) is 24.3 Å². The lowest BCUT2D eigenvalue weighted by Crippen LogP contribution is -2.34. The second kappa shape index (κ2) is 5.84. The van der Waals surface area contributed by atoms with Crippen molar-refractivity contribution in [1.29, 1.82) is 0 Å². The summed E-state index contributed by atoms with van der Waals surface area (Å²) < 4.78 is 0. The Morgan fingerprint density at radius 3 is 2.47 bits per heavy atom. The fourth-order valence-electron chi connectivity index (χ4n) is 2.43. The van der Waals surface area contributed by atoms with Crippen molar-refractivity contribution in [2.24, 2.45) is 11.7 Å². The van der Waals surface area contributed by atoms with E-state index in [4.69, 9.17) is 10.8 Å². The van der Waals surface area contributed by atoms with E-state index >= 15 is 0 Å². The Morgan fingerprint density at radius 2 is 1.95 bits per heavy atom. The van der Waals surface area contributed by atoms with Crippen molar-refractivity contribution < 1.29 is 14.7 Å². The highest BCUT2D eigenvalue weighted by Gasteiger charge is 2.30. The average molecular weight is 262 g/mol. The first-order valence-corrected chi connectivity index (χ1v) is 6.43. The summed E-state index contributed by atoms with van der Waals surface area (Å²) in [5.74, 6) is -1.02. The van der Waals surface area contributed by atoms with Crippen LogP contribution in [-0.4, -0.2) is 23.0 Å². The Morgan fingerprint density at radius 1 is 1.26 bits per heavy atom. The Labute approximate surface area is 111 Å². The van der Waals surface area contributed by atoms with Gasteiger partial charge in [-0.25, -0.2) is 0 Å². The molecule has 1 saturated carbocycles. The fraction of sp³-hybridized carbons (Fsp3) is 0.429. The molecule has 1 aliphatic carbocycles. The third-order valence-corrected chi connectivity index (χ3v) is 3.48. The van der Waals surface area contributed by atoms with Crippen LogP contribution in [0.3, 0.4) is 0 Å². The van der Waals surface area contributed by atoms with E-state index in [9.17, 15) is 9.59 Å². The van der Waals surface area contributed by atoms with E-state index in [0.717, 1.165) is 19.3 Å². The molecule has 0 spiro atoms. The lowest BCUT2D eigenvalue weighted by atomic mass is 10.0. The van der Waals surface area contributed by atoms with Gasteiger partial charge in [0.15, 0.2) is 0 Å². The number of hydrogen-bond acceptors (Lipinski definition) is 3. The predicted molar refractivity (Wildman–Crippen MR) is 71.7 cm³/mol. The van der Waals surface area contributed by atoms with E-state index in [0.29, 0.717) is 11.3 Å². The van der Waals surface area contributed by atoms with Crippen LogP contribution in [0.25, 0.3) is 0 Å². The van der Waals surface area contributed by atoms with Crippen molar-refractivity contribution in [2.45, 2.75) is 31.7 Å². The minimum Gasteiger partial charge on any atom is -0.481 e. The van der Waals surface area contributed by atoms with Crippen LogP contribution in [-0.2, 0) is 16.0 Å². The van der Waals surface area contributed by atoms with Crippen molar-refractivity contribution in [3.8, 4) is 0 Å². The largest absolute Gasteiger partial charge is 0.481 e. The molecule has 1 amide bonds. The maximum absolute atomic E-state index is 12.0. The van der Waals surface area contributed by atoms with Crippen molar-refractivity contribution in [3.05, 3.63) is 29.8 Å². The first-order chi connectivity index (χ1) is 9.06. The van der Waals surface area contributed by atoms with Gasteiger partial charge in [0.25, 0.3) is 0 Å². The maximum Gasteiger partial charge on any atom is 0.307 e. The van der Waals surface area contributed by atoms with Crippen LogP contribution >= 0.6 is 0 Å². The Bertz CT molecular complexity index is 470. The van der Waals surface area contributed by atoms with E-state index < -0.39 is 5.97 Å². The molecule has 5 heteroatoms. The smallest absolute Gasteiger partial charge is 0.307 e. The van der Waals surface area contributed by atoms with Gasteiger partial charge in [0, 0.05) is 11.7 Å². The predicted octanol–water partition coefficient (Wildman–Crippen LogP) is 1.38. The molecule has 0 radical (unpaired) electrons. The quantitative estimate of drug-likeness (QED) is 0.764. The third-order valence-electron chi connectivity index (χ3n) is 3.48. The zero-order valence-corrected chi connectivity index (χ0v) is 10.6. The molecule has 0 aromatic heterocycles. The monoisotopic (exact) mass is 262 g/mol. The van der Waals surface area contributed by atoms with Crippen LogP contribution in [0.1, 0.15) is 24.8 Å². The van der Waals surface area contributed by atoms with Gasteiger partial charge in [-0.1, -0.05) is 18.6 Å². The number of carbonyl (C=O) groups is 2. The van der Waals surface area contributed by atoms with Gasteiger partial charge in [-0.2, -0.15) is 0 Å². The highest BCUT2D eigenvalue weighted by molar-refractivity contribution is 5.93. The number of amides is 1. The summed E-state index contributed by atoms with van der Waals surface area (Å²) in [5.41, 5.74) is 7.28. The second-order valence-corrected chi connectivity index (χ2v) is 4.96. The van der Waals surface area contributed by atoms with Crippen LogP contribution in [0, 0.1) is 5.92 Å². The molecule has 2 atom stereocenters. The zero-order valence-electron chi connectivity index (χ0n) is 10.6. The van der Waals surface area contributed by atoms with Gasteiger partial charge in [-0.05, 0) is 30.5 Å². The Balaban J connectivity index is 1.95. The molecule has 19 heavy (non-hydrogen) atoms. The summed E-state index contributed by atoms with van der Waals surface area (Å²) in [6, 6.07) is 6.80. The molecular formula is C14H18N2O3. The zero-order chi connectivity index (χ0) is 13.8. The summed E-state index contributed by atoms with van der Waals surface area (Å²) in [6.45, 7) is 0. The number of carboxylic acid groups (broad SMARTS) is 1. The highest BCUT2D eigenvalue weighted by atomic mass is 16.4. The summed E-state index contributed by atoms with van der Waals surface area (Å²) in [7, 11) is 0. The standard InChI is InChI=1S/C14H18N2O3/c15-12-3-1-2-11(12)14(19)16-10-6-4-9(5-7-10)8-13(17)18/h4-7,11-12H,1-3,8,15H2,(H,16,19)(H,17,18). The van der Waals surface area contributed by atoms with Gasteiger partial charge in [-0.15, -0.1) is 0 Å². The Hall–Kier alpha value is -1.88. The molecule has 2 rings (SSSR count). The minimum atomic E-state index is -0.867. The number of aliphatic carboxylic acids is 1. The summed E-state index contributed by atoms with van der Waals surface area (Å²) in [6.07, 6.45) is 2.72. The Kier molecular flexibility index (Phi) is 4.16. The van der Waals surface area contributed by atoms with Crippen molar-refractivity contribution in [2.75, 3.05) is 5.32 Å². The van der Waals surface area contributed by atoms with Gasteiger partial charge in [0.05, 0.1) is 12.3 Å². The van der Waals surface area contributed by atoms with Crippen molar-refractivity contribution in [1.82, 2.24) is 0 Å². The van der Waals surface area contributed by atoms with E-state index in [2.05, 4.69) is 5.32 Å². The van der Waals surface area contributed by atoms with Gasteiger partial charge >= 0.3 is 5.97 Å². The van der Waals surface area contributed by atoms with Crippen molar-refractivity contribution >= 4 is 17.6 Å². The molecule has 0 heterocycles. The van der Waals surface area contributed by atoms with Gasteiger partial charge in [0.1, 0.15) is 0 Å². The topological polar surface area (TPSA) is 92.4 Å². The molecule has 4 N–H and O–H groups in total. The molecule has 5 nitrogen and oxygen atoms in total. The van der Waals surface area contributed by atoms with Crippen LogP contribution < -0.4 is 11.1 Å². The normalized spacial score (nSPS) is 22.2. The van der Waals surface area contributed by atoms with Crippen LogP contribution in [0.2, 0.25) is 0 Å². The average Bonchev–Trinajstić information content (AvgIpc) is 2.77. The molecular weight excluding hydrogens is 244 g/mol. The van der Waals surface area contributed by atoms with Crippen LogP contribution in [0.5, 0.6) is 0 Å². The number of nitrogens with two attached hydrogens (primary N) is 1. The first kappa shape index (κ1) is 13.5. The van der Waals surface area contributed by atoms with E-state index in [-0.39, 0.29) is 24.3 Å². The molecule has 2 unspecified atom stereocenters. The fourth-order valence-corrected chi connectivity index (χ4v) is 2.43. The van der Waals surface area contributed by atoms with E-state index in [1.807, 2.05) is 0 Å². The van der Waals surface area contributed by atoms with Crippen molar-refractivity contribution in [3.63, 3.8) is 0 Å².